The Labute approximate surface area is 114 Å². The maximum atomic E-state index is 5.14. The van der Waals surface area contributed by atoms with Gasteiger partial charge in [-0.3, -0.25) is 4.98 Å². The maximum absolute atomic E-state index is 5.14. The Balaban J connectivity index is 1.59. The van der Waals surface area contributed by atoms with E-state index in [9.17, 15) is 0 Å². The molecular weight excluding hydrogens is 240 g/mol. The summed E-state index contributed by atoms with van der Waals surface area (Å²) in [5, 5.41) is 3.63. The molecule has 2 saturated heterocycles. The zero-order valence-electron chi connectivity index (χ0n) is 11.5. The summed E-state index contributed by atoms with van der Waals surface area (Å²) in [6, 6.07) is 0.749. The second-order valence-electron chi connectivity index (χ2n) is 5.45. The van der Waals surface area contributed by atoms with Gasteiger partial charge in [0.2, 0.25) is 5.88 Å². The second-order valence-corrected chi connectivity index (χ2v) is 5.45. The zero-order valence-corrected chi connectivity index (χ0v) is 11.5. The molecule has 1 aromatic heterocycles. The van der Waals surface area contributed by atoms with Crippen molar-refractivity contribution in [2.45, 2.75) is 31.7 Å². The van der Waals surface area contributed by atoms with Gasteiger partial charge in [-0.05, 0) is 38.1 Å². The van der Waals surface area contributed by atoms with Gasteiger partial charge in [0.1, 0.15) is 0 Å². The molecule has 2 aliphatic rings. The van der Waals surface area contributed by atoms with Gasteiger partial charge in [-0.25, -0.2) is 0 Å². The molecule has 0 aromatic carbocycles. The molecule has 0 aliphatic carbocycles. The van der Waals surface area contributed by atoms with Gasteiger partial charge >= 0.3 is 0 Å². The smallest absolute Gasteiger partial charge is 0.233 e. The van der Waals surface area contributed by atoms with Crippen molar-refractivity contribution in [2.24, 2.45) is 5.92 Å². The standard InChI is InChI=1S/C14H22N4O/c1-19-14-10-15-9-13(17-14)18-7-4-11(5-8-18)12-3-2-6-16-12/h9-12,16H,2-8H2,1H3. The fourth-order valence-corrected chi connectivity index (χ4v) is 3.23. The molecule has 1 N–H and O–H groups in total. The van der Waals surface area contributed by atoms with Crippen LogP contribution in [0.1, 0.15) is 25.7 Å². The van der Waals surface area contributed by atoms with Crippen LogP contribution < -0.4 is 15.0 Å². The largest absolute Gasteiger partial charge is 0.480 e. The molecule has 19 heavy (non-hydrogen) atoms. The molecular formula is C14H22N4O. The lowest BCUT2D eigenvalue weighted by atomic mass is 9.88. The summed E-state index contributed by atoms with van der Waals surface area (Å²) >= 11 is 0. The van der Waals surface area contributed by atoms with Gasteiger partial charge in [-0.15, -0.1) is 0 Å². The predicted octanol–water partition coefficient (Wildman–Crippen LogP) is 1.45. The Morgan fingerprint density at radius 3 is 2.79 bits per heavy atom. The van der Waals surface area contributed by atoms with Crippen molar-refractivity contribution in [3.63, 3.8) is 0 Å². The molecule has 3 rings (SSSR count). The molecule has 104 valence electrons. The van der Waals surface area contributed by atoms with Gasteiger partial charge in [0.15, 0.2) is 5.82 Å². The normalized spacial score (nSPS) is 24.7. The zero-order chi connectivity index (χ0) is 13.1. The van der Waals surface area contributed by atoms with Gasteiger partial charge < -0.3 is 15.0 Å². The molecule has 2 fully saturated rings. The predicted molar refractivity (Wildman–Crippen MR) is 74.5 cm³/mol. The van der Waals surface area contributed by atoms with Gasteiger partial charge in [0, 0.05) is 19.1 Å². The molecule has 0 amide bonds. The van der Waals surface area contributed by atoms with Crippen LogP contribution in [0.25, 0.3) is 0 Å². The minimum Gasteiger partial charge on any atom is -0.480 e. The van der Waals surface area contributed by atoms with Crippen LogP contribution in [-0.4, -0.2) is 42.8 Å². The number of ether oxygens (including phenoxy) is 1. The average molecular weight is 262 g/mol. The van der Waals surface area contributed by atoms with Gasteiger partial charge in [0.25, 0.3) is 0 Å². The molecule has 2 aliphatic heterocycles. The van der Waals surface area contributed by atoms with Crippen LogP contribution in [0.4, 0.5) is 5.82 Å². The molecule has 1 aromatic rings. The number of hydrogen-bond donors (Lipinski definition) is 1. The van der Waals surface area contributed by atoms with E-state index in [1.165, 1.54) is 32.2 Å². The number of nitrogens with one attached hydrogen (secondary N) is 1. The Hall–Kier alpha value is -1.36. The number of methoxy groups -OCH3 is 1. The third-order valence-electron chi connectivity index (χ3n) is 4.34. The molecule has 0 spiro atoms. The van der Waals surface area contributed by atoms with Crippen molar-refractivity contribution in [3.05, 3.63) is 12.4 Å². The number of hydrogen-bond acceptors (Lipinski definition) is 5. The lowest BCUT2D eigenvalue weighted by Crippen LogP contribution is -2.41. The van der Waals surface area contributed by atoms with E-state index in [2.05, 4.69) is 20.2 Å². The molecule has 5 nitrogen and oxygen atoms in total. The summed E-state index contributed by atoms with van der Waals surface area (Å²) in [6.45, 7) is 3.35. The van der Waals surface area contributed by atoms with Crippen LogP contribution in [0.2, 0.25) is 0 Å². The van der Waals surface area contributed by atoms with Crippen molar-refractivity contribution in [2.75, 3.05) is 31.6 Å². The lowest BCUT2D eigenvalue weighted by molar-refractivity contribution is 0.317. The van der Waals surface area contributed by atoms with Crippen molar-refractivity contribution >= 4 is 5.82 Å². The van der Waals surface area contributed by atoms with Crippen LogP contribution in [-0.2, 0) is 0 Å². The quantitative estimate of drug-likeness (QED) is 0.893. The van der Waals surface area contributed by atoms with E-state index in [1.54, 1.807) is 13.3 Å². The highest BCUT2D eigenvalue weighted by molar-refractivity contribution is 5.38. The number of rotatable bonds is 3. The Morgan fingerprint density at radius 1 is 1.26 bits per heavy atom. The third kappa shape index (κ3) is 2.81. The number of nitrogens with zero attached hydrogens (tertiary/aromatic N) is 3. The van der Waals surface area contributed by atoms with Crippen LogP contribution in [0.3, 0.4) is 0 Å². The van der Waals surface area contributed by atoms with E-state index in [1.807, 2.05) is 6.20 Å². The van der Waals surface area contributed by atoms with Crippen molar-refractivity contribution in [1.82, 2.24) is 15.3 Å². The average Bonchev–Trinajstić information content (AvgIpc) is 3.02. The van der Waals surface area contributed by atoms with E-state index >= 15 is 0 Å². The van der Waals surface area contributed by atoms with E-state index in [0.29, 0.717) is 5.88 Å². The van der Waals surface area contributed by atoms with Crippen molar-refractivity contribution in [3.8, 4) is 5.88 Å². The number of piperidine rings is 1. The highest BCUT2D eigenvalue weighted by Crippen LogP contribution is 2.27. The van der Waals surface area contributed by atoms with Gasteiger partial charge in [-0.2, -0.15) is 4.98 Å². The first-order valence-corrected chi connectivity index (χ1v) is 7.21. The minimum atomic E-state index is 0.595. The Kier molecular flexibility index (Phi) is 3.82. The minimum absolute atomic E-state index is 0.595. The van der Waals surface area contributed by atoms with Gasteiger partial charge in [0.05, 0.1) is 19.5 Å². The van der Waals surface area contributed by atoms with E-state index < -0.39 is 0 Å². The Morgan fingerprint density at radius 2 is 2.11 bits per heavy atom. The topological polar surface area (TPSA) is 50.3 Å². The maximum Gasteiger partial charge on any atom is 0.233 e. The van der Waals surface area contributed by atoms with Crippen molar-refractivity contribution in [1.29, 1.82) is 0 Å². The summed E-state index contributed by atoms with van der Waals surface area (Å²) in [6.07, 6.45) is 8.67. The second kappa shape index (κ2) is 5.74. The summed E-state index contributed by atoms with van der Waals surface area (Å²) in [4.78, 5) is 11.0. The summed E-state index contributed by atoms with van der Waals surface area (Å²) in [5.41, 5.74) is 0. The van der Waals surface area contributed by atoms with Crippen molar-refractivity contribution < 1.29 is 4.74 Å². The molecule has 0 radical (unpaired) electrons. The summed E-state index contributed by atoms with van der Waals surface area (Å²) in [5.74, 6) is 2.37. The fraction of sp³-hybridized carbons (Fsp3) is 0.714. The van der Waals surface area contributed by atoms with E-state index in [-0.39, 0.29) is 0 Å². The highest BCUT2D eigenvalue weighted by atomic mass is 16.5. The summed E-state index contributed by atoms with van der Waals surface area (Å²) < 4.78 is 5.14. The first-order chi connectivity index (χ1) is 9.36. The molecule has 1 unspecified atom stereocenters. The molecule has 3 heterocycles. The van der Waals surface area contributed by atoms with E-state index in [0.717, 1.165) is 30.9 Å². The molecule has 0 bridgehead atoms. The lowest BCUT2D eigenvalue weighted by Gasteiger charge is -2.35. The monoisotopic (exact) mass is 262 g/mol. The van der Waals surface area contributed by atoms with Crippen LogP contribution in [0.5, 0.6) is 5.88 Å². The first-order valence-electron chi connectivity index (χ1n) is 7.21. The first kappa shape index (κ1) is 12.7. The fourth-order valence-electron chi connectivity index (χ4n) is 3.23. The van der Waals surface area contributed by atoms with Crippen LogP contribution >= 0.6 is 0 Å². The molecule has 1 atom stereocenters. The number of anilines is 1. The third-order valence-corrected chi connectivity index (χ3v) is 4.34. The number of aromatic nitrogens is 2. The summed E-state index contributed by atoms with van der Waals surface area (Å²) in [7, 11) is 1.63. The highest BCUT2D eigenvalue weighted by Gasteiger charge is 2.28. The molecule has 0 saturated carbocycles. The van der Waals surface area contributed by atoms with Crippen LogP contribution in [0, 0.1) is 5.92 Å². The van der Waals surface area contributed by atoms with Crippen LogP contribution in [0.15, 0.2) is 12.4 Å². The molecule has 5 heteroatoms. The Bertz CT molecular complexity index is 412. The van der Waals surface area contributed by atoms with Gasteiger partial charge in [-0.1, -0.05) is 0 Å². The SMILES string of the molecule is COc1cncc(N2CCC(C3CCCN3)CC2)n1. The van der Waals surface area contributed by atoms with E-state index in [4.69, 9.17) is 4.74 Å².